The van der Waals surface area contributed by atoms with E-state index in [0.717, 1.165) is 37.8 Å². The summed E-state index contributed by atoms with van der Waals surface area (Å²) >= 11 is 1.11. The topological polar surface area (TPSA) is 67.3 Å². The summed E-state index contributed by atoms with van der Waals surface area (Å²) in [5.41, 5.74) is 0. The van der Waals surface area contributed by atoms with E-state index in [9.17, 15) is 4.79 Å². The Morgan fingerprint density at radius 2 is 2.65 bits per heavy atom. The Hall–Kier alpha value is -1.05. The number of rotatable bonds is 4. The molecule has 1 aromatic rings. The van der Waals surface area contributed by atoms with Gasteiger partial charge in [0.1, 0.15) is 4.88 Å². The van der Waals surface area contributed by atoms with Gasteiger partial charge in [-0.05, 0) is 18.5 Å². The van der Waals surface area contributed by atoms with E-state index in [1.165, 1.54) is 6.20 Å². The van der Waals surface area contributed by atoms with Gasteiger partial charge in [-0.2, -0.15) is 0 Å². The van der Waals surface area contributed by atoms with Crippen molar-refractivity contribution >= 4 is 17.4 Å². The highest BCUT2D eigenvalue weighted by atomic mass is 32.1. The van der Waals surface area contributed by atoms with Crippen LogP contribution in [0.25, 0.3) is 0 Å². The van der Waals surface area contributed by atoms with Crippen molar-refractivity contribution in [1.29, 1.82) is 0 Å². The zero-order valence-electron chi connectivity index (χ0n) is 9.76. The van der Waals surface area contributed by atoms with Crippen LogP contribution in [0.1, 0.15) is 16.6 Å². The van der Waals surface area contributed by atoms with Crippen LogP contribution in [0.2, 0.25) is 0 Å². The second-order valence-electron chi connectivity index (χ2n) is 4.00. The average Bonchev–Trinajstić information content (AvgIpc) is 2.85. The molecule has 0 spiro atoms. The van der Waals surface area contributed by atoms with Gasteiger partial charge in [-0.1, -0.05) is 4.49 Å². The first-order valence-electron chi connectivity index (χ1n) is 5.64. The highest BCUT2D eigenvalue weighted by Crippen LogP contribution is 2.05. The molecule has 0 aliphatic carbocycles. The van der Waals surface area contributed by atoms with Crippen LogP contribution in [0, 0.1) is 0 Å². The highest BCUT2D eigenvalue weighted by molar-refractivity contribution is 7.07. The molecule has 6 nitrogen and oxygen atoms in total. The van der Waals surface area contributed by atoms with Crippen LogP contribution < -0.4 is 5.32 Å². The van der Waals surface area contributed by atoms with Crippen molar-refractivity contribution in [2.24, 2.45) is 0 Å². The molecule has 1 unspecified atom stereocenters. The number of carbonyl (C=O) groups is 1. The molecule has 1 aromatic heterocycles. The van der Waals surface area contributed by atoms with Gasteiger partial charge in [0.05, 0.1) is 19.4 Å². The number of hydrogen-bond acceptors (Lipinski definition) is 6. The lowest BCUT2D eigenvalue weighted by Crippen LogP contribution is -2.46. The van der Waals surface area contributed by atoms with Crippen LogP contribution in [0.15, 0.2) is 6.20 Å². The Morgan fingerprint density at radius 3 is 3.35 bits per heavy atom. The van der Waals surface area contributed by atoms with Gasteiger partial charge < -0.3 is 10.1 Å². The maximum absolute atomic E-state index is 11.6. The summed E-state index contributed by atoms with van der Waals surface area (Å²) in [6.45, 7) is 6.10. The summed E-state index contributed by atoms with van der Waals surface area (Å²) in [6, 6.07) is 0.422. The van der Waals surface area contributed by atoms with Crippen LogP contribution >= 0.6 is 11.5 Å². The first-order chi connectivity index (χ1) is 8.27. The summed E-state index contributed by atoms with van der Waals surface area (Å²) in [6.07, 6.45) is 1.48. The fourth-order valence-electron chi connectivity index (χ4n) is 1.76. The molecule has 0 radical (unpaired) electrons. The van der Waals surface area contributed by atoms with E-state index in [4.69, 9.17) is 4.74 Å². The molecule has 17 heavy (non-hydrogen) atoms. The van der Waals surface area contributed by atoms with E-state index in [1.807, 2.05) is 0 Å². The summed E-state index contributed by atoms with van der Waals surface area (Å²) in [7, 11) is 0. The molecular formula is C10H16N4O2S. The summed E-state index contributed by atoms with van der Waals surface area (Å²) in [5, 5.41) is 6.50. The molecule has 0 bridgehead atoms. The van der Waals surface area contributed by atoms with Gasteiger partial charge in [-0.3, -0.25) is 9.69 Å². The molecule has 1 fully saturated rings. The van der Waals surface area contributed by atoms with E-state index in [0.29, 0.717) is 17.5 Å². The smallest absolute Gasteiger partial charge is 0.264 e. The average molecular weight is 256 g/mol. The monoisotopic (exact) mass is 256 g/mol. The second kappa shape index (κ2) is 6.04. The van der Waals surface area contributed by atoms with E-state index in [-0.39, 0.29) is 5.91 Å². The zero-order chi connectivity index (χ0) is 12.1. The van der Waals surface area contributed by atoms with Crippen LogP contribution in [-0.2, 0) is 4.74 Å². The molecule has 1 atom stereocenters. The Labute approximate surface area is 104 Å². The standard InChI is InChI=1S/C10H16N4O2S/c1-8-7-16-5-4-14(8)3-2-11-10(15)9-6-12-13-17-9/h6,8H,2-5,7H2,1H3,(H,11,15). The van der Waals surface area contributed by atoms with Crippen molar-refractivity contribution in [2.45, 2.75) is 13.0 Å². The molecule has 0 saturated carbocycles. The number of amides is 1. The zero-order valence-corrected chi connectivity index (χ0v) is 10.6. The minimum atomic E-state index is -0.0964. The molecular weight excluding hydrogens is 240 g/mol. The number of morpholine rings is 1. The number of carbonyl (C=O) groups excluding carboxylic acids is 1. The maximum atomic E-state index is 11.6. The molecule has 1 N–H and O–H groups in total. The SMILES string of the molecule is CC1COCCN1CCNC(=O)c1cnns1. The first kappa shape index (κ1) is 12.4. The fraction of sp³-hybridized carbons (Fsp3) is 0.700. The van der Waals surface area contributed by atoms with Crippen molar-refractivity contribution in [2.75, 3.05) is 32.8 Å². The van der Waals surface area contributed by atoms with E-state index in [2.05, 4.69) is 26.7 Å². The number of ether oxygens (including phenoxy) is 1. The van der Waals surface area contributed by atoms with Gasteiger partial charge in [-0.25, -0.2) is 0 Å². The van der Waals surface area contributed by atoms with Crippen molar-refractivity contribution in [3.63, 3.8) is 0 Å². The predicted molar refractivity (Wildman–Crippen MR) is 64.1 cm³/mol. The van der Waals surface area contributed by atoms with Gasteiger partial charge >= 0.3 is 0 Å². The predicted octanol–water partition coefficient (Wildman–Crippen LogP) is -0.0114. The van der Waals surface area contributed by atoms with Crippen molar-refractivity contribution < 1.29 is 9.53 Å². The van der Waals surface area contributed by atoms with Crippen LogP contribution in [0.3, 0.4) is 0 Å². The molecule has 1 amide bonds. The Balaban J connectivity index is 1.70. The van der Waals surface area contributed by atoms with E-state index >= 15 is 0 Å². The third kappa shape index (κ3) is 3.45. The molecule has 94 valence electrons. The maximum Gasteiger partial charge on any atom is 0.264 e. The van der Waals surface area contributed by atoms with E-state index < -0.39 is 0 Å². The normalized spacial score (nSPS) is 21.4. The van der Waals surface area contributed by atoms with Crippen molar-refractivity contribution in [1.82, 2.24) is 19.8 Å². The Kier molecular flexibility index (Phi) is 4.41. The van der Waals surface area contributed by atoms with Crippen molar-refractivity contribution in [3.05, 3.63) is 11.1 Å². The van der Waals surface area contributed by atoms with Crippen LogP contribution in [0.4, 0.5) is 0 Å². The van der Waals surface area contributed by atoms with Crippen LogP contribution in [0.5, 0.6) is 0 Å². The number of nitrogens with one attached hydrogen (secondary N) is 1. The minimum Gasteiger partial charge on any atom is -0.379 e. The lowest BCUT2D eigenvalue weighted by Gasteiger charge is -2.33. The molecule has 1 aliphatic rings. The summed E-state index contributed by atoms with van der Waals surface area (Å²) in [5.74, 6) is -0.0964. The first-order valence-corrected chi connectivity index (χ1v) is 6.42. The van der Waals surface area contributed by atoms with Crippen LogP contribution in [-0.4, -0.2) is 59.3 Å². The molecule has 7 heteroatoms. The number of hydrogen-bond donors (Lipinski definition) is 1. The van der Waals surface area contributed by atoms with Gasteiger partial charge in [0, 0.05) is 25.7 Å². The van der Waals surface area contributed by atoms with Gasteiger partial charge in [0.2, 0.25) is 0 Å². The third-order valence-corrected chi connectivity index (χ3v) is 3.44. The highest BCUT2D eigenvalue weighted by Gasteiger charge is 2.18. The Morgan fingerprint density at radius 1 is 1.76 bits per heavy atom. The lowest BCUT2D eigenvalue weighted by atomic mass is 10.2. The van der Waals surface area contributed by atoms with Gasteiger partial charge in [0.15, 0.2) is 0 Å². The fourth-order valence-corrected chi connectivity index (χ4v) is 2.19. The van der Waals surface area contributed by atoms with E-state index in [1.54, 1.807) is 0 Å². The summed E-state index contributed by atoms with van der Waals surface area (Å²) in [4.78, 5) is 14.5. The Bertz CT molecular complexity index is 357. The molecule has 2 heterocycles. The third-order valence-electron chi connectivity index (χ3n) is 2.77. The van der Waals surface area contributed by atoms with Gasteiger partial charge in [-0.15, -0.1) is 5.10 Å². The lowest BCUT2D eigenvalue weighted by molar-refractivity contribution is 0.000544. The number of aromatic nitrogens is 2. The van der Waals surface area contributed by atoms with Gasteiger partial charge in [0.25, 0.3) is 5.91 Å². The molecule has 2 rings (SSSR count). The quantitative estimate of drug-likeness (QED) is 0.820. The molecule has 1 aliphatic heterocycles. The number of nitrogens with zero attached hydrogens (tertiary/aromatic N) is 3. The largest absolute Gasteiger partial charge is 0.379 e. The van der Waals surface area contributed by atoms with Crippen molar-refractivity contribution in [3.8, 4) is 0 Å². The summed E-state index contributed by atoms with van der Waals surface area (Å²) < 4.78 is 9.01. The molecule has 0 aromatic carbocycles. The minimum absolute atomic E-state index is 0.0964. The second-order valence-corrected chi connectivity index (χ2v) is 4.78. The molecule has 1 saturated heterocycles.